The van der Waals surface area contributed by atoms with Crippen LogP contribution in [0.3, 0.4) is 0 Å². The molecule has 0 saturated heterocycles. The van der Waals surface area contributed by atoms with Gasteiger partial charge in [0, 0.05) is 0 Å². The maximum Gasteiger partial charge on any atom is 0.513 e. The van der Waals surface area contributed by atoms with Crippen molar-refractivity contribution in [3.05, 3.63) is 29.8 Å². The fraction of sp³-hybridized carbons (Fsp3) is 0.200. The van der Waals surface area contributed by atoms with E-state index in [1.165, 1.54) is 31.4 Å². The van der Waals surface area contributed by atoms with Gasteiger partial charge in [0.1, 0.15) is 11.8 Å². The lowest BCUT2D eigenvalue weighted by Crippen LogP contribution is -2.20. The number of nitrogens with two attached hydrogens (primary N) is 1. The Labute approximate surface area is 91.6 Å². The van der Waals surface area contributed by atoms with Gasteiger partial charge in [0.05, 0.1) is 7.11 Å². The highest BCUT2D eigenvalue weighted by Gasteiger charge is 2.14. The third kappa shape index (κ3) is 2.96. The van der Waals surface area contributed by atoms with E-state index < -0.39 is 18.2 Å². The van der Waals surface area contributed by atoms with Gasteiger partial charge in [-0.25, -0.2) is 4.79 Å². The van der Waals surface area contributed by atoms with Crippen LogP contribution in [0.15, 0.2) is 24.3 Å². The van der Waals surface area contributed by atoms with Crippen LogP contribution in [0.25, 0.3) is 0 Å². The molecule has 0 radical (unpaired) electrons. The van der Waals surface area contributed by atoms with Crippen LogP contribution in [-0.2, 0) is 9.53 Å². The molecule has 1 atom stereocenters. The van der Waals surface area contributed by atoms with Crippen molar-refractivity contribution in [1.29, 1.82) is 0 Å². The summed E-state index contributed by atoms with van der Waals surface area (Å²) in [6, 6.07) is 4.73. The Hall–Kier alpha value is -2.08. The Kier molecular flexibility index (Phi) is 3.84. The van der Waals surface area contributed by atoms with Crippen LogP contribution in [0.5, 0.6) is 5.75 Å². The van der Waals surface area contributed by atoms with E-state index in [-0.39, 0.29) is 5.75 Å². The summed E-state index contributed by atoms with van der Waals surface area (Å²) in [7, 11) is 1.19. The number of carboxylic acid groups (broad SMARTS) is 1. The highest BCUT2D eigenvalue weighted by atomic mass is 16.7. The lowest BCUT2D eigenvalue weighted by Gasteiger charge is -2.07. The van der Waals surface area contributed by atoms with E-state index in [4.69, 9.17) is 15.6 Å². The average molecular weight is 225 g/mol. The molecule has 0 fully saturated rings. The van der Waals surface area contributed by atoms with Crippen LogP contribution in [0.1, 0.15) is 11.6 Å². The molecule has 0 aliphatic rings. The summed E-state index contributed by atoms with van der Waals surface area (Å²) in [4.78, 5) is 21.3. The summed E-state index contributed by atoms with van der Waals surface area (Å²) >= 11 is 0. The Bertz CT molecular complexity index is 387. The van der Waals surface area contributed by atoms with Crippen molar-refractivity contribution in [2.24, 2.45) is 5.73 Å². The number of rotatable bonds is 3. The van der Waals surface area contributed by atoms with Gasteiger partial charge in [-0.2, -0.15) is 0 Å². The third-order valence-electron chi connectivity index (χ3n) is 1.87. The average Bonchev–Trinajstić information content (AvgIpc) is 2.28. The molecule has 0 heterocycles. The fourth-order valence-corrected chi connectivity index (χ4v) is 1.02. The summed E-state index contributed by atoms with van der Waals surface area (Å²) in [5.74, 6) is -0.866. The first kappa shape index (κ1) is 12.0. The normalized spacial score (nSPS) is 11.6. The molecule has 6 nitrogen and oxygen atoms in total. The van der Waals surface area contributed by atoms with Gasteiger partial charge in [0.2, 0.25) is 0 Å². The van der Waals surface area contributed by atoms with Crippen LogP contribution in [0, 0.1) is 0 Å². The molecular formula is C10H11NO5. The second kappa shape index (κ2) is 5.13. The molecule has 0 aromatic heterocycles. The number of hydrogen-bond acceptors (Lipinski definition) is 5. The van der Waals surface area contributed by atoms with Gasteiger partial charge >= 0.3 is 12.1 Å². The SMILES string of the molecule is COC(=O)Oc1ccc(C(N)C(=O)O)cc1. The van der Waals surface area contributed by atoms with Crippen molar-refractivity contribution < 1.29 is 24.2 Å². The lowest BCUT2D eigenvalue weighted by molar-refractivity contribution is -0.138. The van der Waals surface area contributed by atoms with Crippen LogP contribution >= 0.6 is 0 Å². The highest BCUT2D eigenvalue weighted by molar-refractivity contribution is 5.75. The summed E-state index contributed by atoms with van der Waals surface area (Å²) in [5, 5.41) is 8.66. The van der Waals surface area contributed by atoms with Gasteiger partial charge in [-0.15, -0.1) is 0 Å². The monoisotopic (exact) mass is 225 g/mol. The molecule has 16 heavy (non-hydrogen) atoms. The number of benzene rings is 1. The quantitative estimate of drug-likeness (QED) is 0.586. The van der Waals surface area contributed by atoms with Gasteiger partial charge in [-0.3, -0.25) is 4.79 Å². The molecule has 1 rings (SSSR count). The smallest absolute Gasteiger partial charge is 0.480 e. The molecule has 0 amide bonds. The van der Waals surface area contributed by atoms with Crippen molar-refractivity contribution >= 4 is 12.1 Å². The van der Waals surface area contributed by atoms with Crippen LogP contribution in [0.4, 0.5) is 4.79 Å². The predicted octanol–water partition coefficient (Wildman–Crippen LogP) is 0.916. The summed E-state index contributed by atoms with van der Waals surface area (Å²) in [5.41, 5.74) is 5.80. The molecule has 0 spiro atoms. The predicted molar refractivity (Wildman–Crippen MR) is 54.0 cm³/mol. The zero-order chi connectivity index (χ0) is 12.1. The molecule has 0 aliphatic carbocycles. The van der Waals surface area contributed by atoms with E-state index in [1.807, 2.05) is 0 Å². The second-order valence-corrected chi connectivity index (χ2v) is 2.94. The minimum absolute atomic E-state index is 0.258. The topological polar surface area (TPSA) is 98.9 Å². The number of carbonyl (C=O) groups excluding carboxylic acids is 1. The lowest BCUT2D eigenvalue weighted by atomic mass is 10.1. The van der Waals surface area contributed by atoms with Crippen molar-refractivity contribution in [2.45, 2.75) is 6.04 Å². The number of carboxylic acids is 1. The van der Waals surface area contributed by atoms with E-state index in [0.29, 0.717) is 5.56 Å². The van der Waals surface area contributed by atoms with E-state index >= 15 is 0 Å². The largest absolute Gasteiger partial charge is 0.513 e. The molecule has 0 aliphatic heterocycles. The van der Waals surface area contributed by atoms with Gasteiger partial charge in [-0.1, -0.05) is 12.1 Å². The van der Waals surface area contributed by atoms with E-state index in [2.05, 4.69) is 4.74 Å². The minimum atomic E-state index is -1.12. The Morgan fingerprint density at radius 3 is 2.31 bits per heavy atom. The fourth-order valence-electron chi connectivity index (χ4n) is 1.02. The van der Waals surface area contributed by atoms with E-state index in [9.17, 15) is 9.59 Å². The maximum atomic E-state index is 10.7. The molecular weight excluding hydrogens is 214 g/mol. The zero-order valence-electron chi connectivity index (χ0n) is 8.54. The van der Waals surface area contributed by atoms with Gasteiger partial charge < -0.3 is 20.3 Å². The van der Waals surface area contributed by atoms with Crippen molar-refractivity contribution in [2.75, 3.05) is 7.11 Å². The Morgan fingerprint density at radius 2 is 1.88 bits per heavy atom. The molecule has 86 valence electrons. The Balaban J connectivity index is 2.75. The Morgan fingerprint density at radius 1 is 1.31 bits per heavy atom. The minimum Gasteiger partial charge on any atom is -0.480 e. The number of carbonyl (C=O) groups is 2. The van der Waals surface area contributed by atoms with Gasteiger partial charge in [0.25, 0.3) is 0 Å². The van der Waals surface area contributed by atoms with Gasteiger partial charge in [0.15, 0.2) is 0 Å². The zero-order valence-corrected chi connectivity index (χ0v) is 8.54. The molecule has 1 unspecified atom stereocenters. The first-order valence-corrected chi connectivity index (χ1v) is 4.38. The molecule has 0 bridgehead atoms. The first-order chi connectivity index (χ1) is 7.54. The second-order valence-electron chi connectivity index (χ2n) is 2.94. The molecule has 0 saturated carbocycles. The number of methoxy groups -OCH3 is 1. The van der Waals surface area contributed by atoms with E-state index in [1.54, 1.807) is 0 Å². The number of ether oxygens (including phenoxy) is 2. The first-order valence-electron chi connectivity index (χ1n) is 4.38. The highest BCUT2D eigenvalue weighted by Crippen LogP contribution is 2.16. The molecule has 1 aromatic carbocycles. The van der Waals surface area contributed by atoms with Gasteiger partial charge in [-0.05, 0) is 17.7 Å². The summed E-state index contributed by atoms with van der Waals surface area (Å²) in [6.45, 7) is 0. The van der Waals surface area contributed by atoms with Crippen LogP contribution < -0.4 is 10.5 Å². The van der Waals surface area contributed by atoms with Crippen LogP contribution in [0.2, 0.25) is 0 Å². The summed E-state index contributed by atoms with van der Waals surface area (Å²) in [6.07, 6.45) is -0.838. The van der Waals surface area contributed by atoms with Crippen molar-refractivity contribution in [1.82, 2.24) is 0 Å². The molecule has 3 N–H and O–H groups in total. The number of aliphatic carboxylic acids is 1. The third-order valence-corrected chi connectivity index (χ3v) is 1.87. The van der Waals surface area contributed by atoms with Crippen LogP contribution in [-0.4, -0.2) is 24.3 Å². The van der Waals surface area contributed by atoms with Crippen molar-refractivity contribution in [3.63, 3.8) is 0 Å². The molecule has 1 aromatic rings. The maximum absolute atomic E-state index is 10.7. The van der Waals surface area contributed by atoms with Crippen molar-refractivity contribution in [3.8, 4) is 5.75 Å². The van der Waals surface area contributed by atoms with E-state index in [0.717, 1.165) is 0 Å². The summed E-state index contributed by atoms with van der Waals surface area (Å²) < 4.78 is 9.00. The number of hydrogen-bond donors (Lipinski definition) is 2. The molecule has 6 heteroatoms. The standard InChI is InChI=1S/C10H11NO5/c1-15-10(14)16-7-4-2-6(3-5-7)8(11)9(12)13/h2-5,8H,11H2,1H3,(H,12,13).